The first-order chi connectivity index (χ1) is 10.1. The number of carbonyl (C=O) groups is 2. The normalized spacial score (nSPS) is 15.1. The number of rotatable bonds is 4. The Balaban J connectivity index is 1.83. The van der Waals surface area contributed by atoms with Gasteiger partial charge in [-0.3, -0.25) is 9.59 Å². The minimum atomic E-state index is 0.0862. The summed E-state index contributed by atoms with van der Waals surface area (Å²) in [6, 6.07) is 8.03. The van der Waals surface area contributed by atoms with Crippen LogP contribution in [0.25, 0.3) is 0 Å². The molecule has 0 aliphatic carbocycles. The minimum Gasteiger partial charge on any atom is -0.339 e. The average molecular weight is 289 g/mol. The molecule has 1 aliphatic rings. The molecule has 0 atom stereocenters. The fourth-order valence-corrected chi connectivity index (χ4v) is 2.48. The van der Waals surface area contributed by atoms with Crippen LogP contribution in [0.2, 0.25) is 0 Å². The van der Waals surface area contributed by atoms with Crippen LogP contribution < -0.4 is 5.73 Å². The molecule has 0 radical (unpaired) electrons. The molecule has 2 amide bonds. The first-order valence-electron chi connectivity index (χ1n) is 7.41. The van der Waals surface area contributed by atoms with Crippen molar-refractivity contribution in [2.45, 2.75) is 19.8 Å². The van der Waals surface area contributed by atoms with Crippen LogP contribution in [0, 0.1) is 6.92 Å². The molecule has 0 bridgehead atoms. The second-order valence-electron chi connectivity index (χ2n) is 5.46. The van der Waals surface area contributed by atoms with Crippen molar-refractivity contribution in [3.05, 3.63) is 35.4 Å². The van der Waals surface area contributed by atoms with E-state index >= 15 is 0 Å². The van der Waals surface area contributed by atoms with Gasteiger partial charge in [-0.2, -0.15) is 0 Å². The minimum absolute atomic E-state index is 0.0862. The molecule has 114 valence electrons. The number of hydrogen-bond acceptors (Lipinski definition) is 3. The van der Waals surface area contributed by atoms with Crippen LogP contribution in [0.4, 0.5) is 0 Å². The lowest BCUT2D eigenvalue weighted by molar-refractivity contribution is -0.139. The Morgan fingerprint density at radius 3 is 2.05 bits per heavy atom. The van der Waals surface area contributed by atoms with E-state index < -0.39 is 0 Å². The maximum Gasteiger partial charge on any atom is 0.227 e. The van der Waals surface area contributed by atoms with Gasteiger partial charge in [-0.25, -0.2) is 0 Å². The third-order valence-electron chi connectivity index (χ3n) is 3.82. The van der Waals surface area contributed by atoms with E-state index in [-0.39, 0.29) is 11.8 Å². The summed E-state index contributed by atoms with van der Waals surface area (Å²) < 4.78 is 0. The van der Waals surface area contributed by atoms with E-state index in [9.17, 15) is 9.59 Å². The van der Waals surface area contributed by atoms with Gasteiger partial charge in [0.05, 0.1) is 6.42 Å². The van der Waals surface area contributed by atoms with Crippen LogP contribution in [-0.2, 0) is 16.0 Å². The Morgan fingerprint density at radius 2 is 1.52 bits per heavy atom. The van der Waals surface area contributed by atoms with Gasteiger partial charge in [0, 0.05) is 39.1 Å². The lowest BCUT2D eigenvalue weighted by Gasteiger charge is -2.35. The van der Waals surface area contributed by atoms with E-state index in [0.717, 1.165) is 5.56 Å². The van der Waals surface area contributed by atoms with Crippen LogP contribution in [0.3, 0.4) is 0 Å². The van der Waals surface area contributed by atoms with E-state index in [1.54, 1.807) is 4.90 Å². The second kappa shape index (κ2) is 7.22. The Morgan fingerprint density at radius 1 is 1.00 bits per heavy atom. The molecule has 1 fully saturated rings. The van der Waals surface area contributed by atoms with Crippen LogP contribution >= 0.6 is 0 Å². The van der Waals surface area contributed by atoms with E-state index in [0.29, 0.717) is 45.6 Å². The first-order valence-corrected chi connectivity index (χ1v) is 7.41. The van der Waals surface area contributed by atoms with Gasteiger partial charge in [0.1, 0.15) is 0 Å². The van der Waals surface area contributed by atoms with Crippen LogP contribution in [0.1, 0.15) is 17.5 Å². The maximum atomic E-state index is 12.3. The van der Waals surface area contributed by atoms with Gasteiger partial charge >= 0.3 is 0 Å². The highest BCUT2D eigenvalue weighted by Gasteiger charge is 2.23. The predicted octanol–water partition coefficient (Wildman–Crippen LogP) is 0.557. The summed E-state index contributed by atoms with van der Waals surface area (Å²) in [5, 5.41) is 0. The molecule has 5 nitrogen and oxygen atoms in total. The topological polar surface area (TPSA) is 66.6 Å². The van der Waals surface area contributed by atoms with Crippen molar-refractivity contribution in [3.8, 4) is 0 Å². The number of amides is 2. The maximum absolute atomic E-state index is 12.3. The molecule has 1 aromatic rings. The van der Waals surface area contributed by atoms with Gasteiger partial charge in [0.15, 0.2) is 0 Å². The largest absolute Gasteiger partial charge is 0.339 e. The summed E-state index contributed by atoms with van der Waals surface area (Å²) in [5.74, 6) is 0.216. The van der Waals surface area contributed by atoms with Gasteiger partial charge in [0.2, 0.25) is 11.8 Å². The first kappa shape index (κ1) is 15.5. The summed E-state index contributed by atoms with van der Waals surface area (Å²) >= 11 is 0. The fourth-order valence-electron chi connectivity index (χ4n) is 2.48. The Bertz CT molecular complexity index is 491. The highest BCUT2D eigenvalue weighted by molar-refractivity contribution is 5.80. The van der Waals surface area contributed by atoms with E-state index in [4.69, 9.17) is 5.73 Å². The Kier molecular flexibility index (Phi) is 5.33. The molecule has 0 saturated carbocycles. The summed E-state index contributed by atoms with van der Waals surface area (Å²) in [7, 11) is 0. The quantitative estimate of drug-likeness (QED) is 0.880. The molecule has 0 unspecified atom stereocenters. The summed E-state index contributed by atoms with van der Waals surface area (Å²) in [6.45, 7) is 4.85. The van der Waals surface area contributed by atoms with Gasteiger partial charge in [-0.1, -0.05) is 29.8 Å². The summed E-state index contributed by atoms with van der Waals surface area (Å²) in [6.07, 6.45) is 0.814. The highest BCUT2D eigenvalue weighted by atomic mass is 16.2. The van der Waals surface area contributed by atoms with Crippen LogP contribution in [0.15, 0.2) is 24.3 Å². The Hall–Kier alpha value is -1.88. The third kappa shape index (κ3) is 4.29. The molecule has 21 heavy (non-hydrogen) atoms. The van der Waals surface area contributed by atoms with Gasteiger partial charge in [-0.15, -0.1) is 0 Å². The molecule has 1 heterocycles. The molecular weight excluding hydrogens is 266 g/mol. The number of benzene rings is 1. The van der Waals surface area contributed by atoms with Crippen molar-refractivity contribution in [2.75, 3.05) is 32.7 Å². The van der Waals surface area contributed by atoms with Crippen LogP contribution in [-0.4, -0.2) is 54.3 Å². The molecular formula is C16H23N3O2. The molecule has 2 rings (SSSR count). The fraction of sp³-hybridized carbons (Fsp3) is 0.500. The molecule has 1 saturated heterocycles. The monoisotopic (exact) mass is 289 g/mol. The van der Waals surface area contributed by atoms with E-state index in [2.05, 4.69) is 0 Å². The molecule has 2 N–H and O–H groups in total. The Labute approximate surface area is 125 Å². The standard InChI is InChI=1S/C16H23N3O2/c1-13-2-4-14(5-3-13)12-16(21)19-10-8-18(9-11-19)15(20)6-7-17/h2-5H,6-12,17H2,1H3. The van der Waals surface area contributed by atoms with Crippen molar-refractivity contribution in [1.29, 1.82) is 0 Å². The van der Waals surface area contributed by atoms with Crippen molar-refractivity contribution in [2.24, 2.45) is 5.73 Å². The van der Waals surface area contributed by atoms with Crippen LogP contribution in [0.5, 0.6) is 0 Å². The van der Waals surface area contributed by atoms with Gasteiger partial charge in [0.25, 0.3) is 0 Å². The van der Waals surface area contributed by atoms with Crippen molar-refractivity contribution >= 4 is 11.8 Å². The average Bonchev–Trinajstić information content (AvgIpc) is 2.50. The zero-order chi connectivity index (χ0) is 15.2. The molecule has 0 aromatic heterocycles. The molecule has 5 heteroatoms. The number of hydrogen-bond donors (Lipinski definition) is 1. The SMILES string of the molecule is Cc1ccc(CC(=O)N2CCN(C(=O)CCN)CC2)cc1. The van der Waals surface area contributed by atoms with Gasteiger partial charge < -0.3 is 15.5 Å². The lowest BCUT2D eigenvalue weighted by atomic mass is 10.1. The number of aryl methyl sites for hydroxylation is 1. The van der Waals surface area contributed by atoms with Crippen molar-refractivity contribution in [1.82, 2.24) is 9.80 Å². The number of nitrogens with zero attached hydrogens (tertiary/aromatic N) is 2. The lowest BCUT2D eigenvalue weighted by Crippen LogP contribution is -2.51. The summed E-state index contributed by atoms with van der Waals surface area (Å²) in [4.78, 5) is 27.6. The molecule has 1 aromatic carbocycles. The van der Waals surface area contributed by atoms with E-state index in [1.165, 1.54) is 5.56 Å². The predicted molar refractivity (Wildman–Crippen MR) is 81.7 cm³/mol. The number of carbonyl (C=O) groups excluding carboxylic acids is 2. The smallest absolute Gasteiger partial charge is 0.227 e. The van der Waals surface area contributed by atoms with Crippen molar-refractivity contribution < 1.29 is 9.59 Å². The highest BCUT2D eigenvalue weighted by Crippen LogP contribution is 2.09. The zero-order valence-electron chi connectivity index (χ0n) is 12.5. The number of nitrogens with two attached hydrogens (primary N) is 1. The van der Waals surface area contributed by atoms with Crippen molar-refractivity contribution in [3.63, 3.8) is 0 Å². The second-order valence-corrected chi connectivity index (χ2v) is 5.46. The number of piperazine rings is 1. The van der Waals surface area contributed by atoms with E-state index in [1.807, 2.05) is 36.1 Å². The zero-order valence-corrected chi connectivity index (χ0v) is 12.5. The molecule has 0 spiro atoms. The third-order valence-corrected chi connectivity index (χ3v) is 3.82. The summed E-state index contributed by atoms with van der Waals surface area (Å²) in [5.41, 5.74) is 7.62. The molecule has 1 aliphatic heterocycles. The van der Waals surface area contributed by atoms with Gasteiger partial charge in [-0.05, 0) is 12.5 Å².